The Kier molecular flexibility index (Phi) is 6.12. The summed E-state index contributed by atoms with van der Waals surface area (Å²) in [4.78, 5) is 0. The molecule has 2 aromatic rings. The van der Waals surface area contributed by atoms with E-state index in [-0.39, 0.29) is 11.4 Å². The summed E-state index contributed by atoms with van der Waals surface area (Å²) in [6.45, 7) is 3.52. The first-order chi connectivity index (χ1) is 10.5. The maximum absolute atomic E-state index is 12.3. The molecule has 0 saturated carbocycles. The van der Waals surface area contributed by atoms with Gasteiger partial charge in [0.1, 0.15) is 11.6 Å². The maximum atomic E-state index is 12.3. The van der Waals surface area contributed by atoms with E-state index in [1.54, 1.807) is 20.9 Å². The zero-order valence-electron chi connectivity index (χ0n) is 13.1. The normalized spacial score (nSPS) is 11.0. The second-order valence-electron chi connectivity index (χ2n) is 4.89. The van der Waals surface area contributed by atoms with Crippen molar-refractivity contribution >= 4 is 0 Å². The van der Waals surface area contributed by atoms with Crippen molar-refractivity contribution in [3.05, 3.63) is 46.7 Å². The SMILES string of the molecule is Cc1c(F)cccc1F.Cc1nn(C)c(OCC(F)(F)F)c1C. The van der Waals surface area contributed by atoms with E-state index in [0.29, 0.717) is 11.3 Å². The second-order valence-corrected chi connectivity index (χ2v) is 4.89. The molecule has 0 amide bonds. The van der Waals surface area contributed by atoms with Gasteiger partial charge in [0.15, 0.2) is 6.61 Å². The third-order valence-electron chi connectivity index (χ3n) is 3.03. The molecule has 0 unspecified atom stereocenters. The lowest BCUT2D eigenvalue weighted by molar-refractivity contribution is -0.154. The van der Waals surface area contributed by atoms with Gasteiger partial charge in [0.2, 0.25) is 5.88 Å². The number of aryl methyl sites for hydroxylation is 2. The highest BCUT2D eigenvalue weighted by Gasteiger charge is 2.29. The summed E-state index contributed by atoms with van der Waals surface area (Å²) >= 11 is 0. The first-order valence-corrected chi connectivity index (χ1v) is 6.63. The summed E-state index contributed by atoms with van der Waals surface area (Å²) in [7, 11) is 1.55. The standard InChI is InChI=1S/C8H11F3N2O.C7H6F2/c1-5-6(2)12-13(3)7(5)14-4-8(9,10)11;1-5-6(8)3-2-4-7(5)9/h4H2,1-3H3;2-4H,1H3. The van der Waals surface area contributed by atoms with Crippen LogP contribution in [0.4, 0.5) is 22.0 Å². The van der Waals surface area contributed by atoms with Gasteiger partial charge in [0, 0.05) is 18.2 Å². The average molecular weight is 336 g/mol. The maximum Gasteiger partial charge on any atom is 0.422 e. The van der Waals surface area contributed by atoms with Crippen molar-refractivity contribution in [1.29, 1.82) is 0 Å². The molecule has 1 aromatic heterocycles. The number of hydrogen-bond donors (Lipinski definition) is 0. The molecule has 0 atom stereocenters. The smallest absolute Gasteiger partial charge is 0.422 e. The quantitative estimate of drug-likeness (QED) is 0.767. The molecule has 0 bridgehead atoms. The van der Waals surface area contributed by atoms with Crippen molar-refractivity contribution in [2.24, 2.45) is 7.05 Å². The minimum absolute atomic E-state index is 0.0810. The molecular formula is C15H17F5N2O. The summed E-state index contributed by atoms with van der Waals surface area (Å²) in [6, 6.07) is 3.81. The van der Waals surface area contributed by atoms with Crippen LogP contribution < -0.4 is 4.74 Å². The van der Waals surface area contributed by atoms with Crippen molar-refractivity contribution < 1.29 is 26.7 Å². The fraction of sp³-hybridized carbons (Fsp3) is 0.400. The Morgan fingerprint density at radius 3 is 1.91 bits per heavy atom. The Bertz CT molecular complexity index is 644. The van der Waals surface area contributed by atoms with Crippen LogP contribution in [-0.2, 0) is 7.05 Å². The molecule has 8 heteroatoms. The number of rotatable bonds is 2. The summed E-state index contributed by atoms with van der Waals surface area (Å²) in [5.41, 5.74) is 1.39. The van der Waals surface area contributed by atoms with E-state index in [2.05, 4.69) is 9.84 Å². The van der Waals surface area contributed by atoms with Gasteiger partial charge in [0.05, 0.1) is 5.69 Å². The van der Waals surface area contributed by atoms with E-state index in [4.69, 9.17) is 0 Å². The van der Waals surface area contributed by atoms with Crippen LogP contribution in [-0.4, -0.2) is 22.6 Å². The molecule has 0 aliphatic heterocycles. The van der Waals surface area contributed by atoms with Crippen LogP contribution in [0.2, 0.25) is 0 Å². The van der Waals surface area contributed by atoms with Crippen LogP contribution in [0.15, 0.2) is 18.2 Å². The van der Waals surface area contributed by atoms with Crippen LogP contribution in [0.1, 0.15) is 16.8 Å². The summed E-state index contributed by atoms with van der Waals surface area (Å²) in [5, 5.41) is 3.94. The zero-order valence-corrected chi connectivity index (χ0v) is 13.1. The Balaban J connectivity index is 0.000000253. The Morgan fingerprint density at radius 2 is 1.57 bits per heavy atom. The van der Waals surface area contributed by atoms with Gasteiger partial charge in [-0.2, -0.15) is 18.3 Å². The molecule has 0 fully saturated rings. The number of nitrogens with zero attached hydrogens (tertiary/aromatic N) is 2. The van der Waals surface area contributed by atoms with Crippen molar-refractivity contribution in [1.82, 2.24) is 9.78 Å². The Labute approximate surface area is 130 Å². The molecule has 0 aliphatic carbocycles. The minimum Gasteiger partial charge on any atom is -0.468 e. The van der Waals surface area contributed by atoms with Crippen molar-refractivity contribution in [2.45, 2.75) is 26.9 Å². The Morgan fingerprint density at radius 1 is 1.04 bits per heavy atom. The molecule has 128 valence electrons. The number of alkyl halides is 3. The number of aromatic nitrogens is 2. The van der Waals surface area contributed by atoms with Gasteiger partial charge < -0.3 is 4.74 Å². The fourth-order valence-electron chi connectivity index (χ4n) is 1.68. The molecule has 0 aliphatic rings. The summed E-state index contributed by atoms with van der Waals surface area (Å²) < 4.78 is 66.2. The lowest BCUT2D eigenvalue weighted by Crippen LogP contribution is -2.20. The number of halogens is 5. The average Bonchev–Trinajstić information content (AvgIpc) is 2.67. The van der Waals surface area contributed by atoms with Crippen molar-refractivity contribution in [3.63, 3.8) is 0 Å². The van der Waals surface area contributed by atoms with Crippen LogP contribution in [0.25, 0.3) is 0 Å². The lowest BCUT2D eigenvalue weighted by atomic mass is 10.2. The molecule has 2 rings (SSSR count). The Hall–Kier alpha value is -2.12. The second kappa shape index (κ2) is 7.43. The zero-order chi connectivity index (χ0) is 17.8. The number of hydrogen-bond acceptors (Lipinski definition) is 2. The predicted molar refractivity (Wildman–Crippen MR) is 75.3 cm³/mol. The van der Waals surface area contributed by atoms with E-state index in [0.717, 1.165) is 0 Å². The highest BCUT2D eigenvalue weighted by atomic mass is 19.4. The van der Waals surface area contributed by atoms with Gasteiger partial charge in [-0.3, -0.25) is 0 Å². The molecule has 1 heterocycles. The first-order valence-electron chi connectivity index (χ1n) is 6.63. The summed E-state index contributed by atoms with van der Waals surface area (Å²) in [6.07, 6.45) is -4.31. The van der Waals surface area contributed by atoms with Gasteiger partial charge >= 0.3 is 6.18 Å². The largest absolute Gasteiger partial charge is 0.468 e. The molecule has 1 aromatic carbocycles. The van der Waals surface area contributed by atoms with Crippen LogP contribution >= 0.6 is 0 Å². The molecule has 0 N–H and O–H groups in total. The lowest BCUT2D eigenvalue weighted by Gasteiger charge is -2.09. The van der Waals surface area contributed by atoms with Gasteiger partial charge in [0.25, 0.3) is 0 Å². The van der Waals surface area contributed by atoms with Crippen LogP contribution in [0.3, 0.4) is 0 Å². The molecular weight excluding hydrogens is 319 g/mol. The highest BCUT2D eigenvalue weighted by Crippen LogP contribution is 2.22. The van der Waals surface area contributed by atoms with Crippen molar-refractivity contribution in [3.8, 4) is 5.88 Å². The van der Waals surface area contributed by atoms with Gasteiger partial charge in [-0.25, -0.2) is 13.5 Å². The first kappa shape index (κ1) is 18.9. The van der Waals surface area contributed by atoms with E-state index < -0.39 is 24.4 Å². The number of benzene rings is 1. The van der Waals surface area contributed by atoms with E-state index >= 15 is 0 Å². The van der Waals surface area contributed by atoms with Crippen LogP contribution in [0.5, 0.6) is 5.88 Å². The molecule has 23 heavy (non-hydrogen) atoms. The van der Waals surface area contributed by atoms with E-state index in [9.17, 15) is 22.0 Å². The highest BCUT2D eigenvalue weighted by molar-refractivity contribution is 5.28. The van der Waals surface area contributed by atoms with Gasteiger partial charge in [-0.15, -0.1) is 0 Å². The molecule has 3 nitrogen and oxygen atoms in total. The van der Waals surface area contributed by atoms with Gasteiger partial charge in [-0.05, 0) is 32.9 Å². The topological polar surface area (TPSA) is 27.1 Å². The third-order valence-corrected chi connectivity index (χ3v) is 3.03. The molecule has 0 radical (unpaired) electrons. The van der Waals surface area contributed by atoms with E-state index in [1.165, 1.54) is 29.8 Å². The van der Waals surface area contributed by atoms with Gasteiger partial charge in [-0.1, -0.05) is 6.07 Å². The van der Waals surface area contributed by atoms with E-state index in [1.807, 2.05) is 0 Å². The predicted octanol–water partition coefficient (Wildman–Crippen LogP) is 4.25. The minimum atomic E-state index is -4.31. The summed E-state index contributed by atoms with van der Waals surface area (Å²) in [5.74, 6) is -0.815. The van der Waals surface area contributed by atoms with Crippen molar-refractivity contribution in [2.75, 3.05) is 6.61 Å². The van der Waals surface area contributed by atoms with Crippen LogP contribution in [0, 0.1) is 32.4 Å². The third kappa shape index (κ3) is 5.54. The monoisotopic (exact) mass is 336 g/mol. The number of ether oxygens (including phenoxy) is 1. The fourth-order valence-corrected chi connectivity index (χ4v) is 1.68. The molecule has 0 spiro atoms. The molecule has 0 saturated heterocycles.